The van der Waals surface area contributed by atoms with Gasteiger partial charge in [0.2, 0.25) is 11.8 Å². The first-order valence-corrected chi connectivity index (χ1v) is 9.85. The molecule has 0 unspecified atom stereocenters. The average molecular weight is 383 g/mol. The smallest absolute Gasteiger partial charge is 0.320 e. The van der Waals surface area contributed by atoms with Gasteiger partial charge < -0.3 is 15.4 Å². The van der Waals surface area contributed by atoms with Crippen molar-refractivity contribution in [3.8, 4) is 5.75 Å². The molecule has 2 fully saturated rings. The van der Waals surface area contributed by atoms with Gasteiger partial charge in [0.1, 0.15) is 11.9 Å². The van der Waals surface area contributed by atoms with E-state index in [1.54, 1.807) is 31.2 Å². The summed E-state index contributed by atoms with van der Waals surface area (Å²) in [4.78, 5) is 39.4. The first-order chi connectivity index (χ1) is 13.5. The van der Waals surface area contributed by atoms with Gasteiger partial charge in [-0.1, -0.05) is 12.2 Å². The summed E-state index contributed by atoms with van der Waals surface area (Å²) in [6.45, 7) is 4.14. The van der Waals surface area contributed by atoms with E-state index in [1.807, 2.05) is 6.92 Å². The van der Waals surface area contributed by atoms with E-state index in [1.165, 1.54) is 4.90 Å². The van der Waals surface area contributed by atoms with Crippen LogP contribution in [0, 0.1) is 23.7 Å². The lowest BCUT2D eigenvalue weighted by Crippen LogP contribution is -2.50. The van der Waals surface area contributed by atoms with Crippen LogP contribution in [0.3, 0.4) is 0 Å². The van der Waals surface area contributed by atoms with Gasteiger partial charge in [-0.25, -0.2) is 4.79 Å². The molecule has 0 aromatic heterocycles. The molecule has 3 aliphatic carbocycles. The van der Waals surface area contributed by atoms with Crippen LogP contribution < -0.4 is 15.4 Å². The van der Waals surface area contributed by atoms with Crippen LogP contribution in [0.25, 0.3) is 0 Å². The molecule has 2 bridgehead atoms. The van der Waals surface area contributed by atoms with Crippen LogP contribution in [0.2, 0.25) is 0 Å². The van der Waals surface area contributed by atoms with Crippen LogP contribution in [0.15, 0.2) is 36.4 Å². The molecule has 7 heteroatoms. The number of urea groups is 1. The third-order valence-electron chi connectivity index (χ3n) is 5.94. The highest BCUT2D eigenvalue weighted by molar-refractivity contribution is 6.06. The van der Waals surface area contributed by atoms with Gasteiger partial charge in [-0.05, 0) is 62.8 Å². The number of ether oxygens (including phenoxy) is 1. The van der Waals surface area contributed by atoms with Gasteiger partial charge >= 0.3 is 6.03 Å². The summed E-state index contributed by atoms with van der Waals surface area (Å²) in [5.41, 5.74) is 0.600. The molecule has 1 saturated heterocycles. The quantitative estimate of drug-likeness (QED) is 0.605. The van der Waals surface area contributed by atoms with Crippen molar-refractivity contribution >= 4 is 23.5 Å². The number of likely N-dealkylation sites (tertiary alicyclic amines) is 1. The number of hydrogen-bond acceptors (Lipinski definition) is 4. The second-order valence-electron chi connectivity index (χ2n) is 7.62. The number of allylic oxidation sites excluding steroid dienone is 2. The van der Waals surface area contributed by atoms with Crippen molar-refractivity contribution in [3.05, 3.63) is 36.4 Å². The monoisotopic (exact) mass is 383 g/mol. The molecular formula is C21H25N3O4. The summed E-state index contributed by atoms with van der Waals surface area (Å²) in [7, 11) is 0. The number of carbonyl (C=O) groups is 3. The van der Waals surface area contributed by atoms with Crippen LogP contribution in [0.4, 0.5) is 10.5 Å². The van der Waals surface area contributed by atoms with Gasteiger partial charge in [-0.3, -0.25) is 14.5 Å². The van der Waals surface area contributed by atoms with Gasteiger partial charge in [0, 0.05) is 5.69 Å². The zero-order valence-corrected chi connectivity index (χ0v) is 16.1. The number of anilines is 1. The molecular weight excluding hydrogens is 358 g/mol. The van der Waals surface area contributed by atoms with Gasteiger partial charge in [0.15, 0.2) is 0 Å². The summed E-state index contributed by atoms with van der Waals surface area (Å²) < 4.78 is 5.38. The minimum Gasteiger partial charge on any atom is -0.494 e. The fourth-order valence-corrected chi connectivity index (χ4v) is 4.70. The number of hydrogen-bond donors (Lipinski definition) is 2. The van der Waals surface area contributed by atoms with Crippen LogP contribution >= 0.6 is 0 Å². The van der Waals surface area contributed by atoms with Crippen molar-refractivity contribution < 1.29 is 19.1 Å². The molecule has 0 spiro atoms. The zero-order chi connectivity index (χ0) is 19.8. The van der Waals surface area contributed by atoms with E-state index in [9.17, 15) is 14.4 Å². The molecule has 5 atom stereocenters. The number of benzene rings is 1. The third kappa shape index (κ3) is 3.15. The maximum Gasteiger partial charge on any atom is 0.320 e. The van der Waals surface area contributed by atoms with E-state index in [0.29, 0.717) is 12.3 Å². The van der Waals surface area contributed by atoms with Crippen LogP contribution in [0.5, 0.6) is 5.75 Å². The van der Waals surface area contributed by atoms with Crippen LogP contribution in [0.1, 0.15) is 26.7 Å². The Morgan fingerprint density at radius 1 is 1.11 bits per heavy atom. The van der Waals surface area contributed by atoms with E-state index in [0.717, 1.165) is 18.6 Å². The Labute approximate surface area is 164 Å². The summed E-state index contributed by atoms with van der Waals surface area (Å²) in [6.07, 6.45) is 5.37. The van der Waals surface area contributed by atoms with Gasteiger partial charge in [-0.2, -0.15) is 0 Å². The molecule has 5 rings (SSSR count). The Morgan fingerprint density at radius 2 is 1.68 bits per heavy atom. The van der Waals surface area contributed by atoms with E-state index in [2.05, 4.69) is 22.8 Å². The molecule has 1 heterocycles. The summed E-state index contributed by atoms with van der Waals surface area (Å²) in [5, 5.41) is 5.43. The molecule has 1 aliphatic heterocycles. The fourth-order valence-electron chi connectivity index (χ4n) is 4.70. The maximum absolute atomic E-state index is 12.9. The van der Waals surface area contributed by atoms with Crippen molar-refractivity contribution in [1.29, 1.82) is 0 Å². The molecule has 4 amide bonds. The van der Waals surface area contributed by atoms with Crippen molar-refractivity contribution in [3.63, 3.8) is 0 Å². The molecule has 7 nitrogen and oxygen atoms in total. The Bertz CT molecular complexity index is 787. The van der Waals surface area contributed by atoms with Crippen LogP contribution in [-0.2, 0) is 9.59 Å². The Morgan fingerprint density at radius 3 is 2.18 bits per heavy atom. The van der Waals surface area contributed by atoms with Crippen molar-refractivity contribution in [2.75, 3.05) is 11.9 Å². The Hall–Kier alpha value is -2.83. The molecule has 148 valence electrons. The van der Waals surface area contributed by atoms with Crippen molar-refractivity contribution in [1.82, 2.24) is 10.2 Å². The molecule has 0 radical (unpaired) electrons. The van der Waals surface area contributed by atoms with Crippen molar-refractivity contribution in [2.24, 2.45) is 23.7 Å². The number of nitrogens with one attached hydrogen (secondary N) is 2. The predicted molar refractivity (Wildman–Crippen MR) is 103 cm³/mol. The second kappa shape index (κ2) is 7.30. The second-order valence-corrected chi connectivity index (χ2v) is 7.62. The Balaban J connectivity index is 1.39. The van der Waals surface area contributed by atoms with Crippen LogP contribution in [-0.4, -0.2) is 35.5 Å². The SMILES string of the molecule is CCOc1ccc(NC(=O)N[C@H](C)N2C(=O)[C@@H]3[C@@H](C2=O)[C@H]2C=C[C@H]3CC2)cc1. The highest BCUT2D eigenvalue weighted by Crippen LogP contribution is 2.49. The van der Waals surface area contributed by atoms with Gasteiger partial charge in [0.25, 0.3) is 0 Å². The topological polar surface area (TPSA) is 87.7 Å². The molecule has 1 saturated carbocycles. The molecule has 1 aromatic rings. The minimum atomic E-state index is -0.701. The normalized spacial score (nSPS) is 28.9. The summed E-state index contributed by atoms with van der Waals surface area (Å²) in [6, 6.07) is 6.54. The zero-order valence-electron chi connectivity index (χ0n) is 16.1. The number of carbonyl (C=O) groups excluding carboxylic acids is 3. The molecule has 2 N–H and O–H groups in total. The number of amides is 4. The number of nitrogens with zero attached hydrogens (tertiary/aromatic N) is 1. The van der Waals surface area contributed by atoms with E-state index >= 15 is 0 Å². The summed E-state index contributed by atoms with van der Waals surface area (Å²) >= 11 is 0. The number of imide groups is 1. The fraction of sp³-hybridized carbons (Fsp3) is 0.476. The highest BCUT2D eigenvalue weighted by atomic mass is 16.5. The first-order valence-electron chi connectivity index (χ1n) is 9.85. The van der Waals surface area contributed by atoms with Crippen molar-refractivity contribution in [2.45, 2.75) is 32.9 Å². The average Bonchev–Trinajstić information content (AvgIpc) is 2.97. The largest absolute Gasteiger partial charge is 0.494 e. The van der Waals surface area contributed by atoms with E-state index < -0.39 is 12.2 Å². The first kappa shape index (κ1) is 18.5. The van der Waals surface area contributed by atoms with Gasteiger partial charge in [-0.15, -0.1) is 0 Å². The maximum atomic E-state index is 12.9. The van der Waals surface area contributed by atoms with Gasteiger partial charge in [0.05, 0.1) is 18.4 Å². The lowest BCUT2D eigenvalue weighted by Gasteiger charge is -2.38. The lowest BCUT2D eigenvalue weighted by molar-refractivity contribution is -0.142. The standard InChI is InChI=1S/C21H25N3O4/c1-3-28-16-10-8-15(9-11-16)23-21(27)22-12(2)24-19(25)17-13-4-5-14(7-6-13)18(17)20(24)26/h4-5,8-14,17-18H,3,6-7H2,1-2H3,(H2,22,23,27)/t12-,13-,14-,17-,18-/m0/s1. The number of fused-ring (bicyclic) bond motifs is 1. The molecule has 1 aromatic carbocycles. The minimum absolute atomic E-state index is 0.140. The summed E-state index contributed by atoms with van der Waals surface area (Å²) in [5.74, 6) is 0.138. The predicted octanol–water partition coefficient (Wildman–Crippen LogP) is 2.75. The van der Waals surface area contributed by atoms with E-state index in [-0.39, 0.29) is 35.5 Å². The molecule has 28 heavy (non-hydrogen) atoms. The highest BCUT2D eigenvalue weighted by Gasteiger charge is 2.57. The third-order valence-corrected chi connectivity index (χ3v) is 5.94. The molecule has 4 aliphatic rings. The lowest BCUT2D eigenvalue weighted by atomic mass is 9.63. The Kier molecular flexibility index (Phi) is 4.83. The van der Waals surface area contributed by atoms with E-state index in [4.69, 9.17) is 4.74 Å². The number of rotatable bonds is 5.